The van der Waals surface area contributed by atoms with Crippen molar-refractivity contribution in [3.63, 3.8) is 0 Å². The van der Waals surface area contributed by atoms with Crippen LogP contribution in [0.15, 0.2) is 30.3 Å². The van der Waals surface area contributed by atoms with E-state index < -0.39 is 54.3 Å². The number of anilines is 2. The number of primary amides is 1. The highest BCUT2D eigenvalue weighted by Crippen LogP contribution is 2.31. The Hall–Kier alpha value is -3.00. The third kappa shape index (κ3) is 7.76. The Balaban J connectivity index is 1.71. The molecule has 38 heavy (non-hydrogen) atoms. The molecule has 0 saturated carbocycles. The van der Waals surface area contributed by atoms with E-state index in [4.69, 9.17) is 22.4 Å². The molecular weight excluding hydrogens is 537 g/mol. The zero-order chi connectivity index (χ0) is 28.0. The van der Waals surface area contributed by atoms with Crippen LogP contribution in [0.4, 0.5) is 33.3 Å². The van der Waals surface area contributed by atoms with Gasteiger partial charge in [0, 0.05) is 49.9 Å². The monoisotopic (exact) mass is 563 g/mol. The molecule has 1 aliphatic heterocycles. The maximum atomic E-state index is 14.8. The van der Waals surface area contributed by atoms with Crippen LogP contribution in [0.3, 0.4) is 0 Å². The van der Waals surface area contributed by atoms with Crippen molar-refractivity contribution in [1.29, 1.82) is 0 Å². The summed E-state index contributed by atoms with van der Waals surface area (Å²) < 4.78 is 67.0. The van der Waals surface area contributed by atoms with Crippen molar-refractivity contribution in [3.05, 3.63) is 58.1 Å². The van der Waals surface area contributed by atoms with Gasteiger partial charge in [-0.2, -0.15) is 13.2 Å². The number of rotatable bonds is 10. The summed E-state index contributed by atoms with van der Waals surface area (Å²) in [5.41, 5.74) is 5.09. The van der Waals surface area contributed by atoms with Crippen LogP contribution >= 0.6 is 11.6 Å². The van der Waals surface area contributed by atoms with Gasteiger partial charge in [-0.25, -0.2) is 8.78 Å². The first-order chi connectivity index (χ1) is 17.9. The smallest absolute Gasteiger partial charge is 0.390 e. The predicted molar refractivity (Wildman–Crippen MR) is 132 cm³/mol. The van der Waals surface area contributed by atoms with Crippen molar-refractivity contribution >= 4 is 34.8 Å². The van der Waals surface area contributed by atoms with Gasteiger partial charge < -0.3 is 21.1 Å². The number of benzene rings is 2. The first-order valence-corrected chi connectivity index (χ1v) is 12.0. The first-order valence-electron chi connectivity index (χ1n) is 11.6. The molecule has 2 aromatic carbocycles. The van der Waals surface area contributed by atoms with E-state index in [1.165, 1.54) is 18.2 Å². The average Bonchev–Trinajstić information content (AvgIpc) is 2.86. The molecule has 0 radical (unpaired) electrons. The molecule has 0 bridgehead atoms. The minimum atomic E-state index is -4.24. The Morgan fingerprint density at radius 3 is 2.37 bits per heavy atom. The number of nitrogens with two attached hydrogens (primary N) is 1. The van der Waals surface area contributed by atoms with Crippen LogP contribution in [0, 0.1) is 11.6 Å². The average molecular weight is 564 g/mol. The second-order valence-corrected chi connectivity index (χ2v) is 9.16. The van der Waals surface area contributed by atoms with Crippen molar-refractivity contribution in [2.24, 2.45) is 5.73 Å². The molecule has 1 unspecified atom stereocenters. The predicted octanol–water partition coefficient (Wildman–Crippen LogP) is 2.88. The van der Waals surface area contributed by atoms with Gasteiger partial charge in [-0.05, 0) is 24.3 Å². The highest BCUT2D eigenvalue weighted by molar-refractivity contribution is 6.31. The van der Waals surface area contributed by atoms with Crippen molar-refractivity contribution in [2.75, 3.05) is 49.5 Å². The van der Waals surface area contributed by atoms with E-state index in [9.17, 15) is 31.5 Å². The fourth-order valence-corrected chi connectivity index (χ4v) is 4.11. The Kier molecular flexibility index (Phi) is 9.88. The number of amides is 2. The molecule has 1 fully saturated rings. The summed E-state index contributed by atoms with van der Waals surface area (Å²) >= 11 is 6.13. The third-order valence-electron chi connectivity index (χ3n) is 6.10. The molecule has 8 nitrogen and oxygen atoms in total. The summed E-state index contributed by atoms with van der Waals surface area (Å²) in [6.45, 7) is 0.380. The fraction of sp³-hybridized carbons (Fsp3) is 0.417. The molecule has 1 aliphatic rings. The van der Waals surface area contributed by atoms with E-state index in [0.717, 1.165) is 6.07 Å². The number of halogens is 6. The molecule has 1 atom stereocenters. The van der Waals surface area contributed by atoms with Gasteiger partial charge in [0.1, 0.15) is 6.04 Å². The summed E-state index contributed by atoms with van der Waals surface area (Å²) in [5.74, 6) is -4.52. The van der Waals surface area contributed by atoms with Crippen LogP contribution in [0.1, 0.15) is 22.3 Å². The molecule has 5 N–H and O–H groups in total. The summed E-state index contributed by atoms with van der Waals surface area (Å²) in [6.07, 6.45) is -5.15. The number of alkyl halides is 3. The van der Waals surface area contributed by atoms with Gasteiger partial charge in [-0.15, -0.1) is 0 Å². The lowest BCUT2D eigenvalue weighted by Gasteiger charge is -2.37. The van der Waals surface area contributed by atoms with Crippen molar-refractivity contribution in [1.82, 2.24) is 10.2 Å². The zero-order valence-electron chi connectivity index (χ0n) is 20.1. The van der Waals surface area contributed by atoms with Gasteiger partial charge in [0.15, 0.2) is 11.6 Å². The molecule has 1 saturated heterocycles. The molecule has 14 heteroatoms. The molecule has 2 aromatic rings. The Bertz CT molecular complexity index is 1160. The highest BCUT2D eigenvalue weighted by Gasteiger charge is 2.29. The van der Waals surface area contributed by atoms with Crippen LogP contribution in [-0.4, -0.2) is 73.4 Å². The number of carbonyl (C=O) groups is 2. The minimum Gasteiger partial charge on any atom is -0.394 e. The minimum absolute atomic E-state index is 0.115. The van der Waals surface area contributed by atoms with E-state index in [-0.39, 0.29) is 24.3 Å². The molecule has 0 aliphatic carbocycles. The number of hydrogen-bond acceptors (Lipinski definition) is 6. The zero-order valence-corrected chi connectivity index (χ0v) is 20.9. The van der Waals surface area contributed by atoms with E-state index in [0.29, 0.717) is 36.9 Å². The lowest BCUT2D eigenvalue weighted by Crippen LogP contribution is -2.47. The summed E-state index contributed by atoms with van der Waals surface area (Å²) in [6, 6.07) is 5.66. The largest absolute Gasteiger partial charge is 0.394 e. The Morgan fingerprint density at radius 2 is 1.76 bits per heavy atom. The highest BCUT2D eigenvalue weighted by atomic mass is 35.5. The lowest BCUT2D eigenvalue weighted by molar-refractivity contribution is -0.138. The SMILES string of the molecule is NC(=O)C(CO)NCc1ccc(C(=O)Nc2ccc(Cl)cc2N2CCN(CCC(F)(F)F)CC2)c(F)c1F. The van der Waals surface area contributed by atoms with Gasteiger partial charge in [0.05, 0.1) is 30.0 Å². The van der Waals surface area contributed by atoms with E-state index in [2.05, 4.69) is 10.6 Å². The number of nitrogens with one attached hydrogen (secondary N) is 2. The maximum Gasteiger partial charge on any atom is 0.390 e. The van der Waals surface area contributed by atoms with E-state index in [1.54, 1.807) is 11.0 Å². The lowest BCUT2D eigenvalue weighted by atomic mass is 10.1. The second-order valence-electron chi connectivity index (χ2n) is 8.73. The summed E-state index contributed by atoms with van der Waals surface area (Å²) in [4.78, 5) is 27.6. The quantitative estimate of drug-likeness (QED) is 0.331. The topological polar surface area (TPSA) is 111 Å². The fourth-order valence-electron chi connectivity index (χ4n) is 3.95. The number of aliphatic hydroxyl groups excluding tert-OH is 1. The second kappa shape index (κ2) is 12.7. The van der Waals surface area contributed by atoms with E-state index >= 15 is 0 Å². The molecule has 3 rings (SSSR count). The maximum absolute atomic E-state index is 14.8. The van der Waals surface area contributed by atoms with Crippen LogP contribution in [-0.2, 0) is 11.3 Å². The molecular formula is C24H27ClF5N5O3. The normalized spacial score (nSPS) is 15.4. The Labute approximate surface area is 220 Å². The Morgan fingerprint density at radius 1 is 1.08 bits per heavy atom. The molecule has 208 valence electrons. The van der Waals surface area contributed by atoms with E-state index in [1.807, 2.05) is 4.90 Å². The van der Waals surface area contributed by atoms with Crippen molar-refractivity contribution < 1.29 is 36.6 Å². The summed E-state index contributed by atoms with van der Waals surface area (Å²) in [7, 11) is 0. The van der Waals surface area contributed by atoms with Gasteiger partial charge in [-0.1, -0.05) is 17.7 Å². The summed E-state index contributed by atoms with van der Waals surface area (Å²) in [5, 5.41) is 14.5. The molecule has 0 spiro atoms. The first kappa shape index (κ1) is 29.6. The van der Waals surface area contributed by atoms with Crippen molar-refractivity contribution in [3.8, 4) is 0 Å². The van der Waals surface area contributed by atoms with Crippen LogP contribution in [0.2, 0.25) is 5.02 Å². The number of hydrogen-bond donors (Lipinski definition) is 4. The van der Waals surface area contributed by atoms with Crippen molar-refractivity contribution in [2.45, 2.75) is 25.2 Å². The number of aliphatic hydroxyl groups is 1. The van der Waals surface area contributed by atoms with Crippen LogP contribution in [0.25, 0.3) is 0 Å². The van der Waals surface area contributed by atoms with Gasteiger partial charge in [-0.3, -0.25) is 19.8 Å². The molecule has 0 aromatic heterocycles. The molecule has 1 heterocycles. The standard InChI is InChI=1S/C24H27ClF5N5O3/c25-15-2-4-17(19(11-15)35-9-7-34(8-10-35)6-5-24(28,29)30)33-23(38)16-3-1-14(20(26)21(16)27)12-32-18(13-36)22(31)37/h1-4,11,18,32,36H,5-10,12-13H2,(H2,31,37)(H,33,38). The number of nitrogens with zero attached hydrogens (tertiary/aromatic N) is 2. The third-order valence-corrected chi connectivity index (χ3v) is 6.34. The van der Waals surface area contributed by atoms with Crippen LogP contribution in [0.5, 0.6) is 0 Å². The van der Waals surface area contributed by atoms with Gasteiger partial charge in [0.2, 0.25) is 5.91 Å². The van der Waals surface area contributed by atoms with Gasteiger partial charge >= 0.3 is 6.18 Å². The number of piperazine rings is 1. The number of carbonyl (C=O) groups excluding carboxylic acids is 2. The molecule has 2 amide bonds. The van der Waals surface area contributed by atoms with Gasteiger partial charge in [0.25, 0.3) is 5.91 Å². The van der Waals surface area contributed by atoms with Crippen LogP contribution < -0.4 is 21.3 Å².